The molecule has 3 aromatic carbocycles. The Hall–Kier alpha value is -3.04. The smallest absolute Gasteiger partial charge is 0.265 e. The lowest BCUT2D eigenvalue weighted by Gasteiger charge is -2.17. The van der Waals surface area contributed by atoms with Crippen LogP contribution in [-0.2, 0) is 16.4 Å². The Morgan fingerprint density at radius 3 is 2.33 bits per heavy atom. The van der Waals surface area contributed by atoms with E-state index < -0.39 is 22.0 Å². The van der Waals surface area contributed by atoms with Crippen LogP contribution in [0.2, 0.25) is 0 Å². The third-order valence-electron chi connectivity index (χ3n) is 7.54. The minimum absolute atomic E-state index is 0.0843. The van der Waals surface area contributed by atoms with E-state index in [9.17, 15) is 18.3 Å². The van der Waals surface area contributed by atoms with E-state index >= 15 is 0 Å². The van der Waals surface area contributed by atoms with E-state index in [4.69, 9.17) is 5.11 Å². The van der Waals surface area contributed by atoms with Gasteiger partial charge in [0.2, 0.25) is 10.0 Å². The van der Waals surface area contributed by atoms with E-state index in [0.717, 1.165) is 67.3 Å². The first-order valence-electron chi connectivity index (χ1n) is 14.2. The quantitative estimate of drug-likeness (QED) is 0.211. The molecule has 0 radical (unpaired) electrons. The Kier molecular flexibility index (Phi) is 10.9. The number of hydrogen-bond donors (Lipinski definition) is 4. The molecule has 7 nitrogen and oxygen atoms in total. The van der Waals surface area contributed by atoms with E-state index in [1.165, 1.54) is 5.56 Å². The first-order valence-corrected chi connectivity index (χ1v) is 15.8. The van der Waals surface area contributed by atoms with Gasteiger partial charge >= 0.3 is 0 Å². The lowest BCUT2D eigenvalue weighted by molar-refractivity contribution is 0.0980. The average Bonchev–Trinajstić information content (AvgIpc) is 3.51. The van der Waals surface area contributed by atoms with Gasteiger partial charge in [0, 0.05) is 18.7 Å². The van der Waals surface area contributed by atoms with Gasteiger partial charge in [-0.25, -0.2) is 13.1 Å². The summed E-state index contributed by atoms with van der Waals surface area (Å²) in [5.41, 5.74) is 5.51. The largest absolute Gasteiger partial charge is 0.396 e. The summed E-state index contributed by atoms with van der Waals surface area (Å²) in [6, 6.07) is 23.7. The van der Waals surface area contributed by atoms with Gasteiger partial charge in [0.15, 0.2) is 0 Å². The normalized spacial score (nSPS) is 14.8. The Balaban J connectivity index is 1.37. The minimum atomic E-state index is -3.80. The van der Waals surface area contributed by atoms with Gasteiger partial charge in [0.1, 0.15) is 0 Å². The first-order chi connectivity index (χ1) is 19.4. The molecule has 4 N–H and O–H groups in total. The molecule has 4 rings (SSSR count). The van der Waals surface area contributed by atoms with Crippen molar-refractivity contribution in [1.29, 1.82) is 0 Å². The predicted molar refractivity (Wildman–Crippen MR) is 159 cm³/mol. The van der Waals surface area contributed by atoms with Crippen LogP contribution < -0.4 is 10.0 Å². The second-order valence-electron chi connectivity index (χ2n) is 10.5. The van der Waals surface area contributed by atoms with Gasteiger partial charge in [0.05, 0.1) is 11.9 Å². The van der Waals surface area contributed by atoms with Crippen molar-refractivity contribution in [3.05, 3.63) is 95.1 Å². The second kappa shape index (κ2) is 14.6. The van der Waals surface area contributed by atoms with E-state index in [1.54, 1.807) is 6.07 Å². The highest BCUT2D eigenvalue weighted by atomic mass is 32.2. The van der Waals surface area contributed by atoms with E-state index in [1.807, 2.05) is 42.5 Å². The molecule has 0 saturated heterocycles. The summed E-state index contributed by atoms with van der Waals surface area (Å²) in [5.74, 6) is -0.663. The van der Waals surface area contributed by atoms with Gasteiger partial charge < -0.3 is 15.5 Å². The first kappa shape index (κ1) is 29.9. The number of aryl methyl sites for hydroxylation is 1. The summed E-state index contributed by atoms with van der Waals surface area (Å²) in [5, 5.41) is 22.6. The molecule has 1 amide bonds. The summed E-state index contributed by atoms with van der Waals surface area (Å²) < 4.78 is 26.7. The molecule has 0 spiro atoms. The van der Waals surface area contributed by atoms with Crippen LogP contribution in [0.5, 0.6) is 0 Å². The maximum Gasteiger partial charge on any atom is 0.265 e. The topological polar surface area (TPSA) is 116 Å². The van der Waals surface area contributed by atoms with E-state index in [2.05, 4.69) is 34.3 Å². The maximum absolute atomic E-state index is 13.0. The van der Waals surface area contributed by atoms with Gasteiger partial charge in [-0.3, -0.25) is 4.79 Å². The number of aliphatic hydroxyl groups excluding tert-OH is 2. The van der Waals surface area contributed by atoms with Crippen molar-refractivity contribution >= 4 is 15.9 Å². The van der Waals surface area contributed by atoms with Crippen LogP contribution >= 0.6 is 0 Å². The van der Waals surface area contributed by atoms with Gasteiger partial charge in [-0.1, -0.05) is 79.6 Å². The van der Waals surface area contributed by atoms with Gasteiger partial charge in [0.25, 0.3) is 5.91 Å². The molecule has 214 valence electrons. The molecule has 1 saturated carbocycles. The highest BCUT2D eigenvalue weighted by Gasteiger charge is 2.25. The number of amides is 1. The van der Waals surface area contributed by atoms with Crippen molar-refractivity contribution in [2.45, 2.75) is 57.0 Å². The van der Waals surface area contributed by atoms with Crippen LogP contribution in [0.3, 0.4) is 0 Å². The lowest BCUT2D eigenvalue weighted by atomic mass is 9.89. The Bertz CT molecular complexity index is 1340. The number of rotatable bonds is 14. The fraction of sp³-hybridized carbons (Fsp3) is 0.406. The lowest BCUT2D eigenvalue weighted by Crippen LogP contribution is -2.33. The van der Waals surface area contributed by atoms with Crippen LogP contribution in [0.1, 0.15) is 77.6 Å². The molecular formula is C32H40N2O5S. The molecule has 40 heavy (non-hydrogen) atoms. The standard InChI is InChI=1S/C32H40N2O5S/c35-20-7-21-40(38,39)34-32(37)29-18-17-28(22-30(29)26-9-4-5-10-26)25-15-13-24(14-16-25)8-6-19-33-23-31(36)27-11-2-1-3-12-27/h1-3,11-18,22,26,31,33,35-36H,4-10,19-21,23H2,(H,34,37)/t31-/m0/s1. The third-order valence-corrected chi connectivity index (χ3v) is 8.86. The Morgan fingerprint density at radius 1 is 0.925 bits per heavy atom. The van der Waals surface area contributed by atoms with Crippen molar-refractivity contribution in [2.75, 3.05) is 25.4 Å². The minimum Gasteiger partial charge on any atom is -0.396 e. The zero-order valence-corrected chi connectivity index (χ0v) is 23.7. The van der Waals surface area contributed by atoms with E-state index in [-0.39, 0.29) is 24.7 Å². The van der Waals surface area contributed by atoms with Crippen molar-refractivity contribution in [3.8, 4) is 11.1 Å². The summed E-state index contributed by atoms with van der Waals surface area (Å²) in [7, 11) is -3.80. The predicted octanol–water partition coefficient (Wildman–Crippen LogP) is 4.71. The molecule has 0 unspecified atom stereocenters. The van der Waals surface area contributed by atoms with E-state index in [0.29, 0.717) is 12.1 Å². The highest BCUT2D eigenvalue weighted by Crippen LogP contribution is 2.38. The third kappa shape index (κ3) is 8.48. The van der Waals surface area contributed by atoms with Gasteiger partial charge in [-0.05, 0) is 78.5 Å². The fourth-order valence-electron chi connectivity index (χ4n) is 5.34. The number of sulfonamides is 1. The number of benzene rings is 3. The summed E-state index contributed by atoms with van der Waals surface area (Å²) in [6.07, 6.45) is 5.61. The fourth-order valence-corrected chi connectivity index (χ4v) is 6.34. The highest BCUT2D eigenvalue weighted by molar-refractivity contribution is 7.90. The monoisotopic (exact) mass is 564 g/mol. The van der Waals surface area contributed by atoms with Crippen molar-refractivity contribution in [1.82, 2.24) is 10.0 Å². The number of carbonyl (C=O) groups excluding carboxylic acids is 1. The molecular weight excluding hydrogens is 524 g/mol. The number of carbonyl (C=O) groups is 1. The maximum atomic E-state index is 13.0. The summed E-state index contributed by atoms with van der Waals surface area (Å²) in [4.78, 5) is 13.0. The van der Waals surface area contributed by atoms with Crippen molar-refractivity contribution in [3.63, 3.8) is 0 Å². The van der Waals surface area contributed by atoms with Crippen molar-refractivity contribution in [2.24, 2.45) is 0 Å². The summed E-state index contributed by atoms with van der Waals surface area (Å²) >= 11 is 0. The second-order valence-corrected chi connectivity index (χ2v) is 12.4. The Labute approximate surface area is 237 Å². The van der Waals surface area contributed by atoms with Crippen molar-refractivity contribution < 1.29 is 23.4 Å². The molecule has 1 aliphatic carbocycles. The molecule has 3 aromatic rings. The van der Waals surface area contributed by atoms with Crippen LogP contribution in [0.4, 0.5) is 0 Å². The number of hydrogen-bond acceptors (Lipinski definition) is 6. The molecule has 0 heterocycles. The summed E-state index contributed by atoms with van der Waals surface area (Å²) in [6.45, 7) is 1.09. The number of nitrogens with one attached hydrogen (secondary N) is 2. The Morgan fingerprint density at radius 2 is 1.62 bits per heavy atom. The molecule has 0 aromatic heterocycles. The molecule has 1 fully saturated rings. The molecule has 8 heteroatoms. The van der Waals surface area contributed by atoms with Gasteiger partial charge in [-0.2, -0.15) is 0 Å². The van der Waals surface area contributed by atoms with Gasteiger partial charge in [-0.15, -0.1) is 0 Å². The van der Waals surface area contributed by atoms with Crippen LogP contribution in [-0.4, -0.2) is 50.0 Å². The SMILES string of the molecule is O=C(NS(=O)(=O)CCCO)c1ccc(-c2ccc(CCCNC[C@H](O)c3ccccc3)cc2)cc1C1CCCC1. The number of aliphatic hydroxyl groups is 2. The van der Waals surface area contributed by atoms with Crippen LogP contribution in [0.15, 0.2) is 72.8 Å². The molecule has 1 atom stereocenters. The average molecular weight is 565 g/mol. The van der Waals surface area contributed by atoms with Crippen LogP contribution in [0.25, 0.3) is 11.1 Å². The molecule has 1 aliphatic rings. The zero-order valence-electron chi connectivity index (χ0n) is 22.9. The zero-order chi connectivity index (χ0) is 28.4. The molecule has 0 aliphatic heterocycles. The van der Waals surface area contributed by atoms with Crippen LogP contribution in [0, 0.1) is 0 Å². The molecule has 0 bridgehead atoms.